The lowest BCUT2D eigenvalue weighted by atomic mass is 10.0. The number of halogens is 2. The topological polar surface area (TPSA) is 23.6 Å². The van der Waals surface area contributed by atoms with Crippen molar-refractivity contribution in [1.29, 1.82) is 0 Å². The molecule has 0 saturated carbocycles. The van der Waals surface area contributed by atoms with E-state index in [0.717, 1.165) is 36.9 Å². The molecule has 1 amide bonds. The maximum absolute atomic E-state index is 12.5. The molecule has 1 saturated heterocycles. The molecule has 0 unspecified atom stereocenters. The number of carbonyl (C=O) groups excluding carboxylic acids is 1. The molecule has 0 bridgehead atoms. The van der Waals surface area contributed by atoms with Gasteiger partial charge in [-0.25, -0.2) is 0 Å². The lowest BCUT2D eigenvalue weighted by Crippen LogP contribution is -2.45. The minimum absolute atomic E-state index is 0.0670. The predicted molar refractivity (Wildman–Crippen MR) is 86.4 cm³/mol. The van der Waals surface area contributed by atoms with Crippen molar-refractivity contribution in [2.75, 3.05) is 26.7 Å². The molecule has 0 aliphatic carbocycles. The molecule has 2 rings (SSSR count). The molecule has 3 nitrogen and oxygen atoms in total. The van der Waals surface area contributed by atoms with E-state index in [1.165, 1.54) is 0 Å². The van der Waals surface area contributed by atoms with Gasteiger partial charge in [0.25, 0.3) is 5.91 Å². The zero-order valence-corrected chi connectivity index (χ0v) is 14.2. The Morgan fingerprint density at radius 2 is 2.10 bits per heavy atom. The van der Waals surface area contributed by atoms with E-state index < -0.39 is 0 Å². The smallest absolute Gasteiger partial charge is 0.253 e. The van der Waals surface area contributed by atoms with Gasteiger partial charge in [-0.15, -0.1) is 0 Å². The van der Waals surface area contributed by atoms with Crippen LogP contribution in [-0.4, -0.2) is 48.4 Å². The first-order valence-electron chi connectivity index (χ1n) is 6.97. The van der Waals surface area contributed by atoms with Gasteiger partial charge in [0.15, 0.2) is 0 Å². The van der Waals surface area contributed by atoms with Crippen LogP contribution in [0.2, 0.25) is 5.02 Å². The molecule has 1 heterocycles. The number of benzene rings is 1. The van der Waals surface area contributed by atoms with E-state index >= 15 is 0 Å². The van der Waals surface area contributed by atoms with Gasteiger partial charge in [0.1, 0.15) is 0 Å². The van der Waals surface area contributed by atoms with Gasteiger partial charge in [0, 0.05) is 36.2 Å². The van der Waals surface area contributed by atoms with Gasteiger partial charge in [-0.1, -0.05) is 18.5 Å². The van der Waals surface area contributed by atoms with Gasteiger partial charge >= 0.3 is 0 Å². The Balaban J connectivity index is 2.03. The second kappa shape index (κ2) is 6.92. The van der Waals surface area contributed by atoms with Crippen LogP contribution in [0.25, 0.3) is 0 Å². The Kier molecular flexibility index (Phi) is 5.47. The molecule has 1 aliphatic rings. The first kappa shape index (κ1) is 15.8. The summed E-state index contributed by atoms with van der Waals surface area (Å²) >= 11 is 9.34. The number of carbonyl (C=O) groups is 1. The molecule has 0 aromatic heterocycles. The Hall–Kier alpha value is -0.580. The molecule has 110 valence electrons. The van der Waals surface area contributed by atoms with E-state index in [4.69, 9.17) is 11.6 Å². The summed E-state index contributed by atoms with van der Waals surface area (Å²) < 4.78 is 0.763. The fourth-order valence-electron chi connectivity index (χ4n) is 2.62. The van der Waals surface area contributed by atoms with Crippen molar-refractivity contribution < 1.29 is 4.79 Å². The Bertz CT molecular complexity index is 487. The van der Waals surface area contributed by atoms with Gasteiger partial charge in [-0.3, -0.25) is 4.79 Å². The zero-order chi connectivity index (χ0) is 14.7. The second-order valence-corrected chi connectivity index (χ2v) is 6.47. The lowest BCUT2D eigenvalue weighted by Gasteiger charge is -2.36. The van der Waals surface area contributed by atoms with Crippen LogP contribution in [0.1, 0.15) is 30.1 Å². The highest BCUT2D eigenvalue weighted by atomic mass is 79.9. The third-order valence-corrected chi connectivity index (χ3v) is 5.25. The monoisotopic (exact) mass is 358 g/mol. The van der Waals surface area contributed by atoms with Crippen LogP contribution >= 0.6 is 27.5 Å². The van der Waals surface area contributed by atoms with Crippen molar-refractivity contribution in [1.82, 2.24) is 9.80 Å². The van der Waals surface area contributed by atoms with Gasteiger partial charge in [-0.05, 0) is 53.5 Å². The summed E-state index contributed by atoms with van der Waals surface area (Å²) in [6.07, 6.45) is 2.09. The molecule has 1 aromatic rings. The fraction of sp³-hybridized carbons (Fsp3) is 0.533. The van der Waals surface area contributed by atoms with Crippen molar-refractivity contribution >= 4 is 33.4 Å². The van der Waals surface area contributed by atoms with Crippen LogP contribution in [0.15, 0.2) is 22.7 Å². The molecule has 0 radical (unpaired) electrons. The minimum atomic E-state index is 0.0670. The third kappa shape index (κ3) is 3.54. The van der Waals surface area contributed by atoms with Crippen molar-refractivity contribution in [3.8, 4) is 0 Å². The number of amides is 1. The molecule has 1 fully saturated rings. The molecule has 5 heteroatoms. The first-order valence-corrected chi connectivity index (χ1v) is 8.14. The summed E-state index contributed by atoms with van der Waals surface area (Å²) in [4.78, 5) is 16.8. The molecular formula is C15H20BrClN2O. The van der Waals surface area contributed by atoms with Crippen LogP contribution in [0, 0.1) is 0 Å². The summed E-state index contributed by atoms with van der Waals surface area (Å²) in [7, 11) is 1.90. The average molecular weight is 360 g/mol. The molecule has 0 spiro atoms. The van der Waals surface area contributed by atoms with Crippen molar-refractivity contribution in [3.63, 3.8) is 0 Å². The lowest BCUT2D eigenvalue weighted by molar-refractivity contribution is 0.0647. The highest BCUT2D eigenvalue weighted by Gasteiger charge is 2.25. The maximum Gasteiger partial charge on any atom is 0.253 e. The van der Waals surface area contributed by atoms with Crippen molar-refractivity contribution in [3.05, 3.63) is 33.3 Å². The summed E-state index contributed by atoms with van der Waals surface area (Å²) in [5, 5.41) is 0.625. The fourth-order valence-corrected chi connectivity index (χ4v) is 3.12. The van der Waals surface area contributed by atoms with E-state index in [1.807, 2.05) is 11.9 Å². The predicted octanol–water partition coefficient (Wildman–Crippen LogP) is 3.66. The van der Waals surface area contributed by atoms with Crippen LogP contribution in [0.5, 0.6) is 0 Å². The van der Waals surface area contributed by atoms with Crippen molar-refractivity contribution in [2.24, 2.45) is 0 Å². The summed E-state index contributed by atoms with van der Waals surface area (Å²) in [5.74, 6) is 0.0670. The molecule has 1 aliphatic heterocycles. The van der Waals surface area contributed by atoms with Crippen LogP contribution < -0.4 is 0 Å². The highest BCUT2D eigenvalue weighted by Crippen LogP contribution is 2.25. The van der Waals surface area contributed by atoms with Gasteiger partial charge in [-0.2, -0.15) is 0 Å². The van der Waals surface area contributed by atoms with E-state index in [2.05, 4.69) is 27.8 Å². The number of nitrogens with zero attached hydrogens (tertiary/aromatic N) is 2. The van der Waals surface area contributed by atoms with Gasteiger partial charge in [0.2, 0.25) is 0 Å². The van der Waals surface area contributed by atoms with E-state index in [0.29, 0.717) is 16.6 Å². The highest BCUT2D eigenvalue weighted by molar-refractivity contribution is 9.10. The average Bonchev–Trinajstić information content (AvgIpc) is 2.48. The van der Waals surface area contributed by atoms with Crippen LogP contribution in [0.3, 0.4) is 0 Å². The van der Waals surface area contributed by atoms with Crippen molar-refractivity contribution in [2.45, 2.75) is 25.8 Å². The first-order chi connectivity index (χ1) is 9.52. The normalized spacial score (nSPS) is 17.2. The Morgan fingerprint density at radius 3 is 2.65 bits per heavy atom. The number of rotatable bonds is 3. The van der Waals surface area contributed by atoms with Crippen LogP contribution in [-0.2, 0) is 0 Å². The largest absolute Gasteiger partial charge is 0.339 e. The summed E-state index contributed by atoms with van der Waals surface area (Å²) in [6, 6.07) is 5.67. The number of hydrogen-bond donors (Lipinski definition) is 0. The maximum atomic E-state index is 12.5. The Labute approximate surface area is 134 Å². The molecular weight excluding hydrogens is 340 g/mol. The molecule has 0 N–H and O–H groups in total. The van der Waals surface area contributed by atoms with Gasteiger partial charge < -0.3 is 9.80 Å². The zero-order valence-electron chi connectivity index (χ0n) is 11.9. The number of likely N-dealkylation sites (tertiary alicyclic amines) is 1. The minimum Gasteiger partial charge on any atom is -0.339 e. The molecule has 20 heavy (non-hydrogen) atoms. The third-order valence-electron chi connectivity index (χ3n) is 4.04. The Morgan fingerprint density at radius 1 is 1.45 bits per heavy atom. The van der Waals surface area contributed by atoms with E-state index in [-0.39, 0.29) is 5.91 Å². The molecule has 0 atom stereocenters. The quantitative estimate of drug-likeness (QED) is 0.822. The second-order valence-electron chi connectivity index (χ2n) is 5.21. The standard InChI is InChI=1S/C15H20BrClN2O/c1-3-19-8-6-12(7-9-19)18(2)15(20)11-4-5-14(17)13(16)10-11/h4-5,10,12H,3,6-9H2,1-2H3. The summed E-state index contributed by atoms with van der Waals surface area (Å²) in [5.41, 5.74) is 0.682. The SMILES string of the molecule is CCN1CCC(N(C)C(=O)c2ccc(Cl)c(Br)c2)CC1. The molecule has 1 aromatic carbocycles. The van der Waals surface area contributed by atoms with E-state index in [1.54, 1.807) is 18.2 Å². The van der Waals surface area contributed by atoms with Crippen LogP contribution in [0.4, 0.5) is 0 Å². The van der Waals surface area contributed by atoms with E-state index in [9.17, 15) is 4.79 Å². The summed E-state index contributed by atoms with van der Waals surface area (Å²) in [6.45, 7) is 5.42. The number of hydrogen-bond acceptors (Lipinski definition) is 2. The number of piperidine rings is 1. The van der Waals surface area contributed by atoms with Gasteiger partial charge in [0.05, 0.1) is 5.02 Å².